The molecule has 0 unspecified atom stereocenters. The summed E-state index contributed by atoms with van der Waals surface area (Å²) in [6, 6.07) is 10.2. The lowest BCUT2D eigenvalue weighted by Crippen LogP contribution is -1.82. The highest BCUT2D eigenvalue weighted by Gasteiger charge is 2.14. The Morgan fingerprint density at radius 3 is 2.68 bits per heavy atom. The lowest BCUT2D eigenvalue weighted by atomic mass is 10.2. The van der Waals surface area contributed by atoms with Gasteiger partial charge in [0.05, 0.1) is 17.5 Å². The standard InChI is InChI=1S/C18H15N3O2S2/c1-11-3-5-13(6-4-11)17-19-14(9-24-17)10-25-18-21-20-16(23-18)15-7-8-22-12(15)2/h3-9H,10H2,1-2H3. The van der Waals surface area contributed by atoms with E-state index >= 15 is 0 Å². The Morgan fingerprint density at radius 1 is 1.08 bits per heavy atom. The van der Waals surface area contributed by atoms with Crippen molar-refractivity contribution < 1.29 is 8.83 Å². The van der Waals surface area contributed by atoms with E-state index in [1.165, 1.54) is 17.3 Å². The van der Waals surface area contributed by atoms with Gasteiger partial charge in [0.25, 0.3) is 11.1 Å². The summed E-state index contributed by atoms with van der Waals surface area (Å²) in [7, 11) is 0. The maximum Gasteiger partial charge on any atom is 0.277 e. The molecule has 1 aromatic carbocycles. The minimum Gasteiger partial charge on any atom is -0.469 e. The molecule has 3 aromatic heterocycles. The van der Waals surface area contributed by atoms with E-state index in [4.69, 9.17) is 8.83 Å². The molecular formula is C18H15N3O2S2. The zero-order valence-electron chi connectivity index (χ0n) is 13.7. The lowest BCUT2D eigenvalue weighted by Gasteiger charge is -1.97. The molecule has 0 saturated heterocycles. The molecule has 126 valence electrons. The Balaban J connectivity index is 1.43. The van der Waals surface area contributed by atoms with Gasteiger partial charge in [-0.15, -0.1) is 21.5 Å². The largest absolute Gasteiger partial charge is 0.469 e. The fraction of sp³-hybridized carbons (Fsp3) is 0.167. The summed E-state index contributed by atoms with van der Waals surface area (Å²) in [5.41, 5.74) is 4.22. The van der Waals surface area contributed by atoms with Crippen molar-refractivity contribution in [2.75, 3.05) is 0 Å². The van der Waals surface area contributed by atoms with Crippen LogP contribution in [0.1, 0.15) is 17.0 Å². The molecule has 5 nitrogen and oxygen atoms in total. The molecule has 0 fully saturated rings. The van der Waals surface area contributed by atoms with Gasteiger partial charge in [-0.05, 0) is 19.9 Å². The first-order valence-electron chi connectivity index (χ1n) is 7.71. The molecule has 25 heavy (non-hydrogen) atoms. The van der Waals surface area contributed by atoms with Gasteiger partial charge < -0.3 is 8.83 Å². The van der Waals surface area contributed by atoms with Gasteiger partial charge in [-0.2, -0.15) is 0 Å². The van der Waals surface area contributed by atoms with Crippen LogP contribution in [-0.2, 0) is 5.75 Å². The van der Waals surface area contributed by atoms with E-state index in [0.717, 1.165) is 27.6 Å². The fourth-order valence-electron chi connectivity index (χ4n) is 2.32. The summed E-state index contributed by atoms with van der Waals surface area (Å²) in [6.07, 6.45) is 1.61. The molecule has 0 radical (unpaired) electrons. The number of rotatable bonds is 5. The van der Waals surface area contributed by atoms with E-state index in [1.54, 1.807) is 17.6 Å². The van der Waals surface area contributed by atoms with Crippen molar-refractivity contribution in [3.63, 3.8) is 0 Å². The van der Waals surface area contributed by atoms with E-state index in [2.05, 4.69) is 51.8 Å². The van der Waals surface area contributed by atoms with Crippen LogP contribution in [0.25, 0.3) is 22.0 Å². The van der Waals surface area contributed by atoms with Gasteiger partial charge in [0.1, 0.15) is 10.8 Å². The van der Waals surface area contributed by atoms with Crippen LogP contribution in [0, 0.1) is 13.8 Å². The summed E-state index contributed by atoms with van der Waals surface area (Å²) in [5.74, 6) is 1.93. The number of benzene rings is 1. The maximum absolute atomic E-state index is 5.69. The summed E-state index contributed by atoms with van der Waals surface area (Å²) >= 11 is 3.13. The average molecular weight is 369 g/mol. The average Bonchev–Trinajstić information content (AvgIpc) is 3.33. The van der Waals surface area contributed by atoms with Crippen molar-refractivity contribution in [1.29, 1.82) is 0 Å². The molecule has 0 spiro atoms. The summed E-state index contributed by atoms with van der Waals surface area (Å²) in [6.45, 7) is 3.95. The minimum absolute atomic E-state index is 0.479. The Bertz CT molecular complexity index is 986. The molecule has 0 amide bonds. The van der Waals surface area contributed by atoms with E-state index < -0.39 is 0 Å². The molecule has 0 saturated carbocycles. The quantitative estimate of drug-likeness (QED) is 0.441. The third-order valence-electron chi connectivity index (χ3n) is 3.69. The molecule has 0 aliphatic carbocycles. The first kappa shape index (κ1) is 16.1. The summed E-state index contributed by atoms with van der Waals surface area (Å²) in [4.78, 5) is 4.69. The monoisotopic (exact) mass is 369 g/mol. The van der Waals surface area contributed by atoms with Gasteiger partial charge in [-0.25, -0.2) is 4.98 Å². The zero-order valence-corrected chi connectivity index (χ0v) is 15.4. The number of thiazole rings is 1. The van der Waals surface area contributed by atoms with Crippen LogP contribution in [-0.4, -0.2) is 15.2 Å². The number of aryl methyl sites for hydroxylation is 2. The Hall–Kier alpha value is -2.38. The van der Waals surface area contributed by atoms with Gasteiger partial charge in [0, 0.05) is 16.7 Å². The van der Waals surface area contributed by atoms with E-state index in [-0.39, 0.29) is 0 Å². The Labute approximate surface area is 153 Å². The second kappa shape index (κ2) is 6.85. The van der Waals surface area contributed by atoms with Gasteiger partial charge in [0.2, 0.25) is 0 Å². The second-order valence-corrected chi connectivity index (χ2v) is 7.35. The minimum atomic E-state index is 0.479. The molecular weight excluding hydrogens is 354 g/mol. The van der Waals surface area contributed by atoms with E-state index in [0.29, 0.717) is 16.9 Å². The molecule has 0 aliphatic heterocycles. The highest BCUT2D eigenvalue weighted by atomic mass is 32.2. The Morgan fingerprint density at radius 2 is 1.92 bits per heavy atom. The molecule has 0 atom stereocenters. The predicted molar refractivity (Wildman–Crippen MR) is 98.6 cm³/mol. The third kappa shape index (κ3) is 3.52. The molecule has 7 heteroatoms. The number of furan rings is 1. The molecule has 0 bridgehead atoms. The number of aromatic nitrogens is 3. The van der Waals surface area contributed by atoms with Crippen LogP contribution in [0.2, 0.25) is 0 Å². The topological polar surface area (TPSA) is 65.0 Å². The predicted octanol–water partition coefficient (Wildman–Crippen LogP) is 5.36. The van der Waals surface area contributed by atoms with Crippen molar-refractivity contribution in [3.8, 4) is 22.0 Å². The van der Waals surface area contributed by atoms with Gasteiger partial charge in [-0.3, -0.25) is 0 Å². The fourth-order valence-corrected chi connectivity index (χ4v) is 3.91. The summed E-state index contributed by atoms with van der Waals surface area (Å²) < 4.78 is 11.0. The molecule has 3 heterocycles. The van der Waals surface area contributed by atoms with E-state index in [1.807, 2.05) is 13.0 Å². The highest BCUT2D eigenvalue weighted by molar-refractivity contribution is 7.98. The van der Waals surface area contributed by atoms with Crippen molar-refractivity contribution >= 4 is 23.1 Å². The van der Waals surface area contributed by atoms with Crippen molar-refractivity contribution in [1.82, 2.24) is 15.2 Å². The van der Waals surface area contributed by atoms with Crippen LogP contribution >= 0.6 is 23.1 Å². The Kier molecular flexibility index (Phi) is 4.42. The highest BCUT2D eigenvalue weighted by Crippen LogP contribution is 2.30. The van der Waals surface area contributed by atoms with Crippen LogP contribution < -0.4 is 0 Å². The van der Waals surface area contributed by atoms with Crippen molar-refractivity contribution in [2.24, 2.45) is 0 Å². The first-order valence-corrected chi connectivity index (χ1v) is 9.58. The van der Waals surface area contributed by atoms with Crippen molar-refractivity contribution in [3.05, 3.63) is 59.0 Å². The van der Waals surface area contributed by atoms with Crippen LogP contribution in [0.5, 0.6) is 0 Å². The van der Waals surface area contributed by atoms with Gasteiger partial charge in [0.15, 0.2) is 0 Å². The molecule has 0 N–H and O–H groups in total. The van der Waals surface area contributed by atoms with Crippen LogP contribution in [0.4, 0.5) is 0 Å². The second-order valence-electron chi connectivity index (χ2n) is 5.56. The van der Waals surface area contributed by atoms with Crippen LogP contribution in [0.15, 0.2) is 56.0 Å². The zero-order chi connectivity index (χ0) is 17.2. The van der Waals surface area contributed by atoms with Gasteiger partial charge >= 0.3 is 0 Å². The van der Waals surface area contributed by atoms with Crippen molar-refractivity contribution in [2.45, 2.75) is 24.8 Å². The first-order chi connectivity index (χ1) is 12.2. The maximum atomic E-state index is 5.69. The molecule has 4 rings (SSSR count). The smallest absolute Gasteiger partial charge is 0.277 e. The summed E-state index contributed by atoms with van der Waals surface area (Å²) in [5, 5.41) is 11.8. The SMILES string of the molecule is Cc1ccc(-c2nc(CSc3nnc(-c4ccoc4C)o3)cs2)cc1. The number of hydrogen-bond donors (Lipinski definition) is 0. The van der Waals surface area contributed by atoms with Crippen LogP contribution in [0.3, 0.4) is 0 Å². The van der Waals surface area contributed by atoms with Gasteiger partial charge in [-0.1, -0.05) is 41.6 Å². The molecule has 4 aromatic rings. The van der Waals surface area contributed by atoms with E-state index in [9.17, 15) is 0 Å². The number of nitrogens with zero attached hydrogens (tertiary/aromatic N) is 3. The third-order valence-corrected chi connectivity index (χ3v) is 5.48. The number of hydrogen-bond acceptors (Lipinski definition) is 7. The number of thioether (sulfide) groups is 1. The molecule has 0 aliphatic rings. The normalized spacial score (nSPS) is 11.1. The lowest BCUT2D eigenvalue weighted by molar-refractivity contribution is 0.463.